The van der Waals surface area contributed by atoms with E-state index in [2.05, 4.69) is 17.4 Å². The van der Waals surface area contributed by atoms with Gasteiger partial charge in [0.2, 0.25) is 0 Å². The smallest absolute Gasteiger partial charge is 0.325 e. The summed E-state index contributed by atoms with van der Waals surface area (Å²) >= 11 is 0. The normalized spacial score (nSPS) is 18.8. The van der Waals surface area contributed by atoms with E-state index in [1.807, 2.05) is 42.5 Å². The fraction of sp³-hybridized carbons (Fsp3) is 0.278. The molecule has 2 atom stereocenters. The lowest BCUT2D eigenvalue weighted by atomic mass is 9.87. The first-order valence-electron chi connectivity index (χ1n) is 7.37. The number of aliphatic carboxylic acids is 1. The van der Waals surface area contributed by atoms with Gasteiger partial charge < -0.3 is 5.11 Å². The maximum absolute atomic E-state index is 11.6. The monoisotopic (exact) mass is 281 g/mol. The lowest BCUT2D eigenvalue weighted by molar-refractivity contribution is -0.140. The van der Waals surface area contributed by atoms with E-state index >= 15 is 0 Å². The summed E-state index contributed by atoms with van der Waals surface area (Å²) in [5.41, 5.74) is 3.37. The molecule has 1 aliphatic rings. The van der Waals surface area contributed by atoms with Crippen molar-refractivity contribution < 1.29 is 9.90 Å². The Hall–Kier alpha value is -2.13. The highest BCUT2D eigenvalue weighted by atomic mass is 16.4. The van der Waals surface area contributed by atoms with Gasteiger partial charge in [-0.15, -0.1) is 0 Å². The first-order chi connectivity index (χ1) is 10.3. The van der Waals surface area contributed by atoms with Gasteiger partial charge in [0.1, 0.15) is 6.04 Å². The maximum Gasteiger partial charge on any atom is 0.325 e. The van der Waals surface area contributed by atoms with E-state index in [4.69, 9.17) is 0 Å². The van der Waals surface area contributed by atoms with E-state index in [1.165, 1.54) is 11.1 Å². The second-order valence-corrected chi connectivity index (χ2v) is 5.49. The lowest BCUT2D eigenvalue weighted by Crippen LogP contribution is -2.33. The summed E-state index contributed by atoms with van der Waals surface area (Å²) in [4.78, 5) is 11.6. The number of carboxylic acid groups (broad SMARTS) is 1. The zero-order valence-electron chi connectivity index (χ0n) is 11.8. The zero-order valence-corrected chi connectivity index (χ0v) is 11.8. The summed E-state index contributed by atoms with van der Waals surface area (Å²) in [6.45, 7) is 0. The highest BCUT2D eigenvalue weighted by Crippen LogP contribution is 2.31. The molecule has 0 aromatic heterocycles. The van der Waals surface area contributed by atoms with Crippen LogP contribution in [0.5, 0.6) is 0 Å². The molecular weight excluding hydrogens is 262 g/mol. The molecule has 0 amide bonds. The first kappa shape index (κ1) is 13.8. The largest absolute Gasteiger partial charge is 0.480 e. The van der Waals surface area contributed by atoms with Gasteiger partial charge in [-0.2, -0.15) is 0 Å². The van der Waals surface area contributed by atoms with Crippen molar-refractivity contribution in [1.82, 2.24) is 5.32 Å². The Kier molecular flexibility index (Phi) is 4.02. The van der Waals surface area contributed by atoms with Crippen molar-refractivity contribution in [3.8, 4) is 0 Å². The standard InChI is InChI=1S/C18H19NO2/c20-18(21)17(14-8-2-1-3-9-14)19-16-12-6-10-13-7-4-5-11-15(13)16/h1-5,7-9,11,16-17,19H,6,10,12H2,(H,20,21). The number of hydrogen-bond acceptors (Lipinski definition) is 2. The average Bonchev–Trinajstić information content (AvgIpc) is 2.53. The quantitative estimate of drug-likeness (QED) is 0.902. The fourth-order valence-corrected chi connectivity index (χ4v) is 3.08. The van der Waals surface area contributed by atoms with Crippen LogP contribution in [0, 0.1) is 0 Å². The van der Waals surface area contributed by atoms with E-state index in [9.17, 15) is 9.90 Å². The topological polar surface area (TPSA) is 49.3 Å². The Morgan fingerprint density at radius 3 is 2.57 bits per heavy atom. The van der Waals surface area contributed by atoms with Crippen molar-refractivity contribution in [1.29, 1.82) is 0 Å². The van der Waals surface area contributed by atoms with Crippen LogP contribution in [0.25, 0.3) is 0 Å². The highest BCUT2D eigenvalue weighted by Gasteiger charge is 2.26. The number of fused-ring (bicyclic) bond motifs is 1. The van der Waals surface area contributed by atoms with Gasteiger partial charge in [0, 0.05) is 6.04 Å². The van der Waals surface area contributed by atoms with Crippen molar-refractivity contribution in [2.45, 2.75) is 31.3 Å². The van der Waals surface area contributed by atoms with Crippen LogP contribution >= 0.6 is 0 Å². The summed E-state index contributed by atoms with van der Waals surface area (Å²) in [6.07, 6.45) is 3.15. The van der Waals surface area contributed by atoms with Crippen LogP contribution in [0.2, 0.25) is 0 Å². The van der Waals surface area contributed by atoms with Crippen LogP contribution in [0.3, 0.4) is 0 Å². The molecule has 2 N–H and O–H groups in total. The number of rotatable bonds is 4. The molecule has 3 rings (SSSR count). The predicted molar refractivity (Wildman–Crippen MR) is 82.1 cm³/mol. The number of carbonyl (C=O) groups is 1. The molecule has 0 fully saturated rings. The average molecular weight is 281 g/mol. The van der Waals surface area contributed by atoms with Crippen LogP contribution < -0.4 is 5.32 Å². The van der Waals surface area contributed by atoms with Crippen LogP contribution in [-0.4, -0.2) is 11.1 Å². The summed E-state index contributed by atoms with van der Waals surface area (Å²) in [6, 6.07) is 17.1. The molecule has 0 saturated carbocycles. The minimum Gasteiger partial charge on any atom is -0.480 e. The minimum atomic E-state index is -0.829. The van der Waals surface area contributed by atoms with Gasteiger partial charge in [-0.1, -0.05) is 54.6 Å². The van der Waals surface area contributed by atoms with Gasteiger partial charge in [0.05, 0.1) is 0 Å². The van der Waals surface area contributed by atoms with E-state index in [0.29, 0.717) is 0 Å². The summed E-state index contributed by atoms with van der Waals surface area (Å²) < 4.78 is 0. The number of carboxylic acids is 1. The van der Waals surface area contributed by atoms with Crippen LogP contribution in [0.15, 0.2) is 54.6 Å². The van der Waals surface area contributed by atoms with Crippen molar-refractivity contribution in [2.75, 3.05) is 0 Å². The summed E-state index contributed by atoms with van der Waals surface area (Å²) in [7, 11) is 0. The molecule has 2 aromatic carbocycles. The Morgan fingerprint density at radius 2 is 1.81 bits per heavy atom. The molecule has 108 valence electrons. The van der Waals surface area contributed by atoms with Crippen molar-refractivity contribution >= 4 is 5.97 Å². The molecule has 3 nitrogen and oxygen atoms in total. The Bertz CT molecular complexity index is 624. The fourth-order valence-electron chi connectivity index (χ4n) is 3.08. The summed E-state index contributed by atoms with van der Waals surface area (Å²) in [5.74, 6) is -0.829. The van der Waals surface area contributed by atoms with Crippen LogP contribution in [0.4, 0.5) is 0 Å². The molecule has 3 heteroatoms. The van der Waals surface area contributed by atoms with E-state index < -0.39 is 12.0 Å². The molecule has 0 bridgehead atoms. The van der Waals surface area contributed by atoms with E-state index in [1.54, 1.807) is 0 Å². The molecule has 0 spiro atoms. The molecule has 21 heavy (non-hydrogen) atoms. The van der Waals surface area contributed by atoms with Crippen LogP contribution in [-0.2, 0) is 11.2 Å². The van der Waals surface area contributed by atoms with Gasteiger partial charge in [-0.05, 0) is 36.0 Å². The number of benzene rings is 2. The molecule has 0 saturated heterocycles. The van der Waals surface area contributed by atoms with Gasteiger partial charge in [-0.25, -0.2) is 0 Å². The second-order valence-electron chi connectivity index (χ2n) is 5.49. The van der Waals surface area contributed by atoms with Gasteiger partial charge >= 0.3 is 5.97 Å². The second kappa shape index (κ2) is 6.10. The van der Waals surface area contributed by atoms with E-state index in [-0.39, 0.29) is 6.04 Å². The first-order valence-corrected chi connectivity index (χ1v) is 7.37. The Morgan fingerprint density at radius 1 is 1.10 bits per heavy atom. The number of nitrogens with one attached hydrogen (secondary N) is 1. The summed E-state index contributed by atoms with van der Waals surface area (Å²) in [5, 5.41) is 12.9. The Labute approximate surface area is 124 Å². The zero-order chi connectivity index (χ0) is 14.7. The third-order valence-electron chi connectivity index (χ3n) is 4.12. The van der Waals surface area contributed by atoms with E-state index in [0.717, 1.165) is 24.8 Å². The molecule has 0 radical (unpaired) electrons. The third-order valence-corrected chi connectivity index (χ3v) is 4.12. The third kappa shape index (κ3) is 2.98. The maximum atomic E-state index is 11.6. The number of hydrogen-bond donors (Lipinski definition) is 2. The molecule has 2 unspecified atom stereocenters. The molecule has 1 aliphatic carbocycles. The molecule has 0 aliphatic heterocycles. The molecular formula is C18H19NO2. The Balaban J connectivity index is 1.86. The SMILES string of the molecule is O=C(O)C(NC1CCCc2ccccc21)c1ccccc1. The number of aryl methyl sites for hydroxylation is 1. The van der Waals surface area contributed by atoms with Crippen LogP contribution in [0.1, 0.15) is 41.6 Å². The minimum absolute atomic E-state index is 0.108. The lowest BCUT2D eigenvalue weighted by Gasteiger charge is -2.29. The van der Waals surface area contributed by atoms with Crippen molar-refractivity contribution in [2.24, 2.45) is 0 Å². The van der Waals surface area contributed by atoms with Gasteiger partial charge in [0.15, 0.2) is 0 Å². The van der Waals surface area contributed by atoms with Crippen molar-refractivity contribution in [3.05, 3.63) is 71.3 Å². The van der Waals surface area contributed by atoms with Gasteiger partial charge in [0.25, 0.3) is 0 Å². The predicted octanol–water partition coefficient (Wildman–Crippen LogP) is 3.48. The molecule has 0 heterocycles. The van der Waals surface area contributed by atoms with Crippen molar-refractivity contribution in [3.63, 3.8) is 0 Å². The molecule has 2 aromatic rings. The highest BCUT2D eigenvalue weighted by molar-refractivity contribution is 5.75. The van der Waals surface area contributed by atoms with Gasteiger partial charge in [-0.3, -0.25) is 10.1 Å².